The van der Waals surface area contributed by atoms with Crippen molar-refractivity contribution in [2.45, 2.75) is 12.8 Å². The van der Waals surface area contributed by atoms with E-state index in [1.807, 2.05) is 0 Å². The van der Waals surface area contributed by atoms with E-state index in [9.17, 15) is 18.4 Å². The average molecular weight is 450 g/mol. The standard InChI is InChI=1S/C24H20F2N4O3/c25-16-2-4-17(5-3-16)29-11-12-30(24(29)32)22(31)14-15-1-6-21(19(26)13-15)33-20-8-10-28-23-18(20)7-9-27-23/h1-6,8,10,13H,7,9,11-12,14H2,(H,27,28). The second-order valence-electron chi connectivity index (χ2n) is 7.81. The zero-order chi connectivity index (χ0) is 22.9. The van der Waals surface area contributed by atoms with E-state index < -0.39 is 23.6 Å². The van der Waals surface area contributed by atoms with Gasteiger partial charge in [-0.05, 0) is 54.4 Å². The number of fused-ring (bicyclic) bond motifs is 1. The molecule has 1 N–H and O–H groups in total. The lowest BCUT2D eigenvalue weighted by Crippen LogP contribution is -2.37. The first-order valence-corrected chi connectivity index (χ1v) is 10.5. The van der Waals surface area contributed by atoms with Crippen molar-refractivity contribution in [3.63, 3.8) is 0 Å². The van der Waals surface area contributed by atoms with Gasteiger partial charge >= 0.3 is 6.03 Å². The van der Waals surface area contributed by atoms with E-state index in [0.29, 0.717) is 23.5 Å². The highest BCUT2D eigenvalue weighted by Crippen LogP contribution is 2.33. The van der Waals surface area contributed by atoms with Crippen LogP contribution in [0.1, 0.15) is 11.1 Å². The number of halogens is 2. The van der Waals surface area contributed by atoms with Crippen molar-refractivity contribution >= 4 is 23.4 Å². The molecule has 0 atom stereocenters. The molecule has 0 aliphatic carbocycles. The maximum absolute atomic E-state index is 14.7. The molecule has 3 amide bonds. The van der Waals surface area contributed by atoms with Gasteiger partial charge < -0.3 is 10.1 Å². The molecular weight excluding hydrogens is 430 g/mol. The summed E-state index contributed by atoms with van der Waals surface area (Å²) in [5.74, 6) is -0.117. The number of carbonyl (C=O) groups excluding carboxylic acids is 2. The number of nitrogens with one attached hydrogen (secondary N) is 1. The number of hydrogen-bond acceptors (Lipinski definition) is 5. The third kappa shape index (κ3) is 4.09. The molecular formula is C24H20F2N4O3. The quantitative estimate of drug-likeness (QED) is 0.633. The third-order valence-electron chi connectivity index (χ3n) is 5.70. The summed E-state index contributed by atoms with van der Waals surface area (Å²) < 4.78 is 33.6. The lowest BCUT2D eigenvalue weighted by atomic mass is 10.1. The molecule has 33 heavy (non-hydrogen) atoms. The Bertz CT molecular complexity index is 1230. The second-order valence-corrected chi connectivity index (χ2v) is 7.81. The van der Waals surface area contributed by atoms with E-state index >= 15 is 0 Å². The Morgan fingerprint density at radius 1 is 1.06 bits per heavy atom. The zero-order valence-electron chi connectivity index (χ0n) is 17.6. The van der Waals surface area contributed by atoms with Gasteiger partial charge in [0.1, 0.15) is 17.4 Å². The van der Waals surface area contributed by atoms with Gasteiger partial charge in [-0.15, -0.1) is 0 Å². The van der Waals surface area contributed by atoms with Gasteiger partial charge in [0.05, 0.1) is 6.42 Å². The molecule has 7 nitrogen and oxygen atoms in total. The monoisotopic (exact) mass is 450 g/mol. The van der Waals surface area contributed by atoms with Gasteiger partial charge in [-0.2, -0.15) is 0 Å². The number of pyridine rings is 1. The van der Waals surface area contributed by atoms with E-state index in [0.717, 1.165) is 29.2 Å². The minimum Gasteiger partial charge on any atom is -0.454 e. The largest absolute Gasteiger partial charge is 0.454 e. The summed E-state index contributed by atoms with van der Waals surface area (Å²) in [7, 11) is 0. The summed E-state index contributed by atoms with van der Waals surface area (Å²) >= 11 is 0. The van der Waals surface area contributed by atoms with Gasteiger partial charge in [0.15, 0.2) is 11.6 Å². The predicted molar refractivity (Wildman–Crippen MR) is 117 cm³/mol. The Labute approximate surface area is 188 Å². The fourth-order valence-electron chi connectivity index (χ4n) is 4.02. The van der Waals surface area contributed by atoms with E-state index in [1.165, 1.54) is 41.3 Å². The number of nitrogens with zero attached hydrogens (tertiary/aromatic N) is 3. The molecule has 0 radical (unpaired) electrons. The van der Waals surface area contributed by atoms with Gasteiger partial charge in [0, 0.05) is 37.1 Å². The minimum absolute atomic E-state index is 0.0474. The van der Waals surface area contributed by atoms with Gasteiger partial charge in [-0.3, -0.25) is 14.6 Å². The first-order chi connectivity index (χ1) is 16.0. The maximum Gasteiger partial charge on any atom is 0.331 e. The number of amides is 3. The summed E-state index contributed by atoms with van der Waals surface area (Å²) in [6.07, 6.45) is 2.21. The molecule has 0 spiro atoms. The van der Waals surface area contributed by atoms with Crippen molar-refractivity contribution in [3.8, 4) is 11.5 Å². The molecule has 1 saturated heterocycles. The molecule has 2 aliphatic heterocycles. The normalized spacial score (nSPS) is 14.9. The topological polar surface area (TPSA) is 74.8 Å². The van der Waals surface area contributed by atoms with Gasteiger partial charge in [0.2, 0.25) is 5.91 Å². The van der Waals surface area contributed by atoms with E-state index in [-0.39, 0.29) is 18.7 Å². The lowest BCUT2D eigenvalue weighted by Gasteiger charge is -2.18. The van der Waals surface area contributed by atoms with Gasteiger partial charge in [-0.25, -0.2) is 18.6 Å². The molecule has 168 valence electrons. The van der Waals surface area contributed by atoms with Crippen LogP contribution in [0.4, 0.5) is 25.1 Å². The lowest BCUT2D eigenvalue weighted by molar-refractivity contribution is -0.126. The van der Waals surface area contributed by atoms with Crippen molar-refractivity contribution in [2.75, 3.05) is 29.9 Å². The van der Waals surface area contributed by atoms with Crippen LogP contribution in [0, 0.1) is 11.6 Å². The van der Waals surface area contributed by atoms with Crippen LogP contribution in [0.5, 0.6) is 11.5 Å². The Hall–Kier alpha value is -4.01. The predicted octanol–water partition coefficient (Wildman–Crippen LogP) is 4.13. The SMILES string of the molecule is O=C(Cc1ccc(Oc2ccnc3c2CCN3)c(F)c1)N1CCN(c2ccc(F)cc2)C1=O. The summed E-state index contributed by atoms with van der Waals surface area (Å²) in [4.78, 5) is 32.2. The number of carbonyl (C=O) groups is 2. The molecule has 3 aromatic rings. The van der Waals surface area contributed by atoms with Crippen LogP contribution < -0.4 is 15.0 Å². The fraction of sp³-hybridized carbons (Fsp3) is 0.208. The average Bonchev–Trinajstić information content (AvgIpc) is 3.43. The van der Waals surface area contributed by atoms with Crippen molar-refractivity contribution in [1.82, 2.24) is 9.88 Å². The summed E-state index contributed by atoms with van der Waals surface area (Å²) in [5, 5.41) is 3.14. The van der Waals surface area contributed by atoms with Crippen LogP contribution in [-0.2, 0) is 17.6 Å². The highest BCUT2D eigenvalue weighted by Gasteiger charge is 2.34. The number of anilines is 2. The Morgan fingerprint density at radius 2 is 1.88 bits per heavy atom. The summed E-state index contributed by atoms with van der Waals surface area (Å²) in [6.45, 7) is 1.27. The first-order valence-electron chi connectivity index (χ1n) is 10.5. The van der Waals surface area contributed by atoms with Crippen molar-refractivity contribution in [1.29, 1.82) is 0 Å². The number of aromatic nitrogens is 1. The van der Waals surface area contributed by atoms with E-state index in [1.54, 1.807) is 18.3 Å². The minimum atomic E-state index is -0.600. The van der Waals surface area contributed by atoms with Crippen LogP contribution >= 0.6 is 0 Å². The van der Waals surface area contributed by atoms with Crippen molar-refractivity contribution in [2.24, 2.45) is 0 Å². The third-order valence-corrected chi connectivity index (χ3v) is 5.70. The molecule has 1 fully saturated rings. The molecule has 5 rings (SSSR count). The Morgan fingerprint density at radius 3 is 2.67 bits per heavy atom. The molecule has 1 aromatic heterocycles. The number of ether oxygens (including phenoxy) is 1. The number of hydrogen-bond donors (Lipinski definition) is 1. The van der Waals surface area contributed by atoms with Crippen molar-refractivity contribution < 1.29 is 23.1 Å². The first kappa shape index (κ1) is 20.9. The molecule has 3 heterocycles. The molecule has 0 saturated carbocycles. The summed E-state index contributed by atoms with van der Waals surface area (Å²) in [6, 6.07) is 11.0. The zero-order valence-corrected chi connectivity index (χ0v) is 17.6. The number of rotatable bonds is 5. The molecule has 2 aromatic carbocycles. The second kappa shape index (κ2) is 8.50. The van der Waals surface area contributed by atoms with Crippen LogP contribution in [0.2, 0.25) is 0 Å². The molecule has 0 bridgehead atoms. The Kier molecular flexibility index (Phi) is 5.37. The van der Waals surface area contributed by atoms with Crippen molar-refractivity contribution in [3.05, 3.63) is 77.5 Å². The number of urea groups is 1. The fourth-order valence-corrected chi connectivity index (χ4v) is 4.02. The van der Waals surface area contributed by atoms with Gasteiger partial charge in [0.25, 0.3) is 0 Å². The number of benzene rings is 2. The molecule has 0 unspecified atom stereocenters. The molecule has 9 heteroatoms. The van der Waals surface area contributed by atoms with Crippen LogP contribution in [0.3, 0.4) is 0 Å². The van der Waals surface area contributed by atoms with Gasteiger partial charge in [-0.1, -0.05) is 6.07 Å². The van der Waals surface area contributed by atoms with Crippen LogP contribution in [0.15, 0.2) is 54.7 Å². The Balaban J connectivity index is 1.26. The molecule has 2 aliphatic rings. The highest BCUT2D eigenvalue weighted by atomic mass is 19.1. The van der Waals surface area contributed by atoms with E-state index in [2.05, 4.69) is 10.3 Å². The maximum atomic E-state index is 14.7. The summed E-state index contributed by atoms with van der Waals surface area (Å²) in [5.41, 5.74) is 1.84. The smallest absolute Gasteiger partial charge is 0.331 e. The van der Waals surface area contributed by atoms with Crippen LogP contribution in [-0.4, -0.2) is 41.5 Å². The number of imide groups is 1. The van der Waals surface area contributed by atoms with Crippen LogP contribution in [0.25, 0.3) is 0 Å². The van der Waals surface area contributed by atoms with E-state index in [4.69, 9.17) is 4.74 Å². The highest BCUT2D eigenvalue weighted by molar-refractivity contribution is 6.05.